The van der Waals surface area contributed by atoms with Crippen LogP contribution in [0.5, 0.6) is 5.75 Å². The number of nitrogens with zero attached hydrogens (tertiary/aromatic N) is 2. The van der Waals surface area contributed by atoms with Crippen LogP contribution >= 0.6 is 23.2 Å². The number of anilines is 1. The molecule has 0 fully saturated rings. The number of hydrogen-bond acceptors (Lipinski definition) is 5. The molecular formula is C24H31Cl2N3O5S. The molecule has 2 amide bonds. The lowest BCUT2D eigenvalue weighted by molar-refractivity contribution is -0.140. The average molecular weight is 545 g/mol. The largest absolute Gasteiger partial charge is 0.497 e. The number of methoxy groups -OCH3 is 1. The summed E-state index contributed by atoms with van der Waals surface area (Å²) < 4.78 is 31.4. The van der Waals surface area contributed by atoms with Crippen LogP contribution in [0.25, 0.3) is 0 Å². The number of sulfonamides is 1. The van der Waals surface area contributed by atoms with Crippen LogP contribution < -0.4 is 14.4 Å². The third kappa shape index (κ3) is 8.02. The Morgan fingerprint density at radius 2 is 1.74 bits per heavy atom. The zero-order chi connectivity index (χ0) is 26.6. The van der Waals surface area contributed by atoms with Crippen molar-refractivity contribution in [3.8, 4) is 5.75 Å². The maximum Gasteiger partial charge on any atom is 0.244 e. The highest BCUT2D eigenvalue weighted by molar-refractivity contribution is 7.92. The lowest BCUT2D eigenvalue weighted by atomic mass is 10.1. The van der Waals surface area contributed by atoms with Crippen molar-refractivity contribution in [2.24, 2.45) is 0 Å². The molecule has 1 N–H and O–H groups in total. The normalized spacial score (nSPS) is 12.6. The Morgan fingerprint density at radius 1 is 1.11 bits per heavy atom. The van der Waals surface area contributed by atoms with Gasteiger partial charge in [-0.2, -0.15) is 0 Å². The monoisotopic (exact) mass is 543 g/mol. The van der Waals surface area contributed by atoms with Crippen LogP contribution in [0.3, 0.4) is 0 Å². The molecule has 192 valence electrons. The van der Waals surface area contributed by atoms with Crippen molar-refractivity contribution in [1.29, 1.82) is 0 Å². The van der Waals surface area contributed by atoms with Gasteiger partial charge in [0.15, 0.2) is 0 Å². The van der Waals surface area contributed by atoms with Crippen LogP contribution in [-0.4, -0.2) is 56.6 Å². The molecular weight excluding hydrogens is 513 g/mol. The molecule has 35 heavy (non-hydrogen) atoms. The molecule has 0 saturated heterocycles. The van der Waals surface area contributed by atoms with Gasteiger partial charge < -0.3 is 15.0 Å². The highest BCUT2D eigenvalue weighted by Gasteiger charge is 2.32. The first-order valence-electron chi connectivity index (χ1n) is 10.8. The van der Waals surface area contributed by atoms with E-state index in [9.17, 15) is 18.0 Å². The lowest BCUT2D eigenvalue weighted by Crippen LogP contribution is -2.54. The lowest BCUT2D eigenvalue weighted by Gasteiger charge is -2.33. The number of benzene rings is 2. The second kappa shape index (κ2) is 11.5. The molecule has 0 aliphatic heterocycles. The molecule has 2 aromatic carbocycles. The molecule has 0 aromatic heterocycles. The van der Waals surface area contributed by atoms with Gasteiger partial charge in [-0.25, -0.2) is 8.42 Å². The van der Waals surface area contributed by atoms with Gasteiger partial charge >= 0.3 is 0 Å². The van der Waals surface area contributed by atoms with Crippen molar-refractivity contribution in [2.45, 2.75) is 45.8 Å². The molecule has 0 aliphatic rings. The van der Waals surface area contributed by atoms with Gasteiger partial charge in [0, 0.05) is 12.1 Å². The summed E-state index contributed by atoms with van der Waals surface area (Å²) in [4.78, 5) is 27.9. The average Bonchev–Trinajstić information content (AvgIpc) is 2.75. The van der Waals surface area contributed by atoms with Crippen molar-refractivity contribution >= 4 is 50.7 Å². The molecule has 0 saturated carbocycles. The fourth-order valence-electron chi connectivity index (χ4n) is 3.30. The molecule has 1 atom stereocenters. The molecule has 0 radical (unpaired) electrons. The van der Waals surface area contributed by atoms with E-state index in [1.54, 1.807) is 37.3 Å². The van der Waals surface area contributed by atoms with Crippen LogP contribution in [0, 0.1) is 0 Å². The van der Waals surface area contributed by atoms with Gasteiger partial charge in [0.25, 0.3) is 0 Å². The topological polar surface area (TPSA) is 96.0 Å². The number of nitrogens with one attached hydrogen (secondary N) is 1. The van der Waals surface area contributed by atoms with Crippen molar-refractivity contribution in [3.05, 3.63) is 58.1 Å². The fraction of sp³-hybridized carbons (Fsp3) is 0.417. The van der Waals surface area contributed by atoms with E-state index in [-0.39, 0.29) is 28.2 Å². The molecule has 0 bridgehead atoms. The van der Waals surface area contributed by atoms with Crippen LogP contribution in [0.4, 0.5) is 5.69 Å². The first-order chi connectivity index (χ1) is 16.1. The molecule has 0 aliphatic carbocycles. The minimum atomic E-state index is -3.92. The Hall–Kier alpha value is -2.49. The fourth-order valence-corrected chi connectivity index (χ4v) is 4.61. The van der Waals surface area contributed by atoms with Crippen molar-refractivity contribution in [2.75, 3.05) is 24.2 Å². The molecule has 0 heterocycles. The van der Waals surface area contributed by atoms with Gasteiger partial charge in [0.2, 0.25) is 21.8 Å². The summed E-state index contributed by atoms with van der Waals surface area (Å²) in [5.74, 6) is -0.378. The minimum absolute atomic E-state index is 0.00487. The maximum absolute atomic E-state index is 13.6. The van der Waals surface area contributed by atoms with E-state index >= 15 is 0 Å². The third-order valence-corrected chi connectivity index (χ3v) is 6.97. The first-order valence-corrected chi connectivity index (χ1v) is 13.4. The summed E-state index contributed by atoms with van der Waals surface area (Å²) in [6.45, 7) is 6.57. The van der Waals surface area contributed by atoms with E-state index in [1.807, 2.05) is 20.8 Å². The Kier molecular flexibility index (Phi) is 9.44. The number of hydrogen-bond donors (Lipinski definition) is 1. The van der Waals surface area contributed by atoms with Gasteiger partial charge in [-0.05, 0) is 57.5 Å². The van der Waals surface area contributed by atoms with Crippen molar-refractivity contribution < 1.29 is 22.7 Å². The Morgan fingerprint density at radius 3 is 2.31 bits per heavy atom. The number of ether oxygens (including phenoxy) is 1. The minimum Gasteiger partial charge on any atom is -0.497 e. The van der Waals surface area contributed by atoms with E-state index in [0.717, 1.165) is 10.6 Å². The molecule has 0 spiro atoms. The van der Waals surface area contributed by atoms with Crippen LogP contribution in [0.2, 0.25) is 10.0 Å². The van der Waals surface area contributed by atoms with Crippen molar-refractivity contribution in [1.82, 2.24) is 10.2 Å². The van der Waals surface area contributed by atoms with Crippen molar-refractivity contribution in [3.63, 3.8) is 0 Å². The number of amides is 2. The van der Waals surface area contributed by atoms with E-state index in [2.05, 4.69) is 5.32 Å². The maximum atomic E-state index is 13.6. The quantitative estimate of drug-likeness (QED) is 0.513. The van der Waals surface area contributed by atoms with E-state index < -0.39 is 34.1 Å². The Labute approximate surface area is 217 Å². The summed E-state index contributed by atoms with van der Waals surface area (Å²) in [5.41, 5.74) is 0.256. The van der Waals surface area contributed by atoms with E-state index in [0.29, 0.717) is 11.3 Å². The molecule has 11 heteroatoms. The second-order valence-corrected chi connectivity index (χ2v) is 11.8. The first kappa shape index (κ1) is 28.7. The predicted octanol–water partition coefficient (Wildman–Crippen LogP) is 4.10. The van der Waals surface area contributed by atoms with Gasteiger partial charge in [-0.3, -0.25) is 13.9 Å². The number of halogens is 2. The number of carbonyl (C=O) groups excluding carboxylic acids is 2. The Bertz CT molecular complexity index is 1180. The molecule has 0 unspecified atom stereocenters. The van der Waals surface area contributed by atoms with E-state index in [1.165, 1.54) is 24.1 Å². The Balaban J connectivity index is 2.47. The van der Waals surface area contributed by atoms with Crippen LogP contribution in [-0.2, 0) is 26.2 Å². The summed E-state index contributed by atoms with van der Waals surface area (Å²) in [6, 6.07) is 10.7. The molecule has 2 aromatic rings. The summed E-state index contributed by atoms with van der Waals surface area (Å²) in [6.07, 6.45) is 0.972. The van der Waals surface area contributed by atoms with Gasteiger partial charge in [-0.15, -0.1) is 0 Å². The smallest absolute Gasteiger partial charge is 0.244 e. The number of rotatable bonds is 9. The predicted molar refractivity (Wildman–Crippen MR) is 140 cm³/mol. The van der Waals surface area contributed by atoms with Crippen LogP contribution in [0.15, 0.2) is 42.5 Å². The zero-order valence-electron chi connectivity index (χ0n) is 20.6. The SMILES string of the molecule is COc1cccc(CN(C(=O)CN(c2cccc(Cl)c2Cl)S(C)(=O)=O)[C@H](C)C(=O)NC(C)(C)C)c1. The second-order valence-electron chi connectivity index (χ2n) is 9.13. The number of carbonyl (C=O) groups is 2. The molecule has 2 rings (SSSR count). The van der Waals surface area contributed by atoms with Gasteiger partial charge in [0.05, 0.1) is 29.1 Å². The van der Waals surface area contributed by atoms with Gasteiger partial charge in [0.1, 0.15) is 18.3 Å². The summed E-state index contributed by atoms with van der Waals surface area (Å²) in [5, 5.41) is 3.02. The standard InChI is InChI=1S/C24H31Cl2N3O5S/c1-16(23(31)27-24(2,3)4)28(14-17-9-7-10-18(13-17)34-5)21(30)15-29(35(6,32)33)20-12-8-11-19(25)22(20)26/h7-13,16H,14-15H2,1-6H3,(H,27,31)/t16-/m1/s1. The highest BCUT2D eigenvalue weighted by Crippen LogP contribution is 2.33. The van der Waals surface area contributed by atoms with Crippen LogP contribution in [0.1, 0.15) is 33.3 Å². The summed E-state index contributed by atoms with van der Waals surface area (Å²) in [7, 11) is -2.39. The summed E-state index contributed by atoms with van der Waals surface area (Å²) >= 11 is 12.3. The van der Waals surface area contributed by atoms with E-state index in [4.69, 9.17) is 27.9 Å². The molecule has 8 nitrogen and oxygen atoms in total. The zero-order valence-corrected chi connectivity index (χ0v) is 23.0. The van der Waals surface area contributed by atoms with Gasteiger partial charge in [-0.1, -0.05) is 41.4 Å². The highest BCUT2D eigenvalue weighted by atomic mass is 35.5. The third-order valence-electron chi connectivity index (χ3n) is 5.03.